The normalized spacial score (nSPS) is 9.72. The maximum absolute atomic E-state index is 10.2. The first-order chi connectivity index (χ1) is 11.6. The number of carbonyl (C=O) groups is 6. The van der Waals surface area contributed by atoms with E-state index < -0.39 is 72.7 Å². The quantitative estimate of drug-likeness (QED) is 0.224. The molecule has 29 heavy (non-hydrogen) atoms. The predicted molar refractivity (Wildman–Crippen MR) is 67.0 cm³/mol. The van der Waals surface area contributed by atoms with Gasteiger partial charge >= 0.3 is 103 Å². The van der Waals surface area contributed by atoms with Gasteiger partial charge in [0.1, 0.15) is 11.2 Å². The molecule has 0 saturated carbocycles. The van der Waals surface area contributed by atoms with E-state index >= 15 is 0 Å². The minimum atomic E-state index is -2.97. The average Bonchev–Trinajstić information content (AvgIpc) is 2.34. The Morgan fingerprint density at radius 3 is 0.966 bits per heavy atom. The number of hydrogen-bond acceptors (Lipinski definition) is 12. The van der Waals surface area contributed by atoms with Gasteiger partial charge in [-0.25, -0.2) is 0 Å². The van der Waals surface area contributed by atoms with Gasteiger partial charge in [-0.1, -0.05) is 0 Å². The number of carboxylic acid groups (broad SMARTS) is 6. The van der Waals surface area contributed by atoms with Crippen molar-refractivity contribution in [2.45, 2.75) is 36.9 Å². The zero-order chi connectivity index (χ0) is 21.3. The summed E-state index contributed by atoms with van der Waals surface area (Å²) in [6.45, 7) is 0. The van der Waals surface area contributed by atoms with Crippen LogP contribution in [0.25, 0.3) is 0 Å². The van der Waals surface area contributed by atoms with Crippen LogP contribution in [0.3, 0.4) is 0 Å². The Balaban J connectivity index is -0.0000000505. The Morgan fingerprint density at radius 2 is 0.828 bits per heavy atom. The maximum atomic E-state index is 10.2. The van der Waals surface area contributed by atoms with E-state index in [1.165, 1.54) is 0 Å². The molecule has 0 saturated heterocycles. The van der Waals surface area contributed by atoms with E-state index in [4.69, 9.17) is 20.4 Å². The molecule has 0 rings (SSSR count). The topological polar surface area (TPSA) is 276 Å². The zero-order valence-corrected chi connectivity index (χ0v) is 21.7. The second-order valence-electron chi connectivity index (χ2n) is 4.88. The molecule has 0 aromatic rings. The second kappa shape index (κ2) is 17.4. The minimum Gasteiger partial charge on any atom is -1.00 e. The summed E-state index contributed by atoms with van der Waals surface area (Å²) in [5.41, 5.74) is -5.82. The largest absolute Gasteiger partial charge is 1.00 e. The third-order valence-corrected chi connectivity index (χ3v) is 2.52. The van der Waals surface area contributed by atoms with Crippen molar-refractivity contribution >= 4 is 35.8 Å². The Kier molecular flexibility index (Phi) is 23.6. The minimum absolute atomic E-state index is 0. The Hall–Kier alpha value is -0.260. The van der Waals surface area contributed by atoms with Gasteiger partial charge in [0.25, 0.3) is 0 Å². The standard InChI is InChI=1S/2C6H8O7.3Na.H/c2*7-3(8)1-6(13,5(11)12)2-4(9)10;;;;/h2*13H,1-2H2,(H,7,8)(H,9,10)(H,11,12);;;;/q;;3*+1;-1/p-2. The molecule has 0 aliphatic carbocycles. The van der Waals surface area contributed by atoms with E-state index in [-0.39, 0.29) is 93.0 Å². The average molecular weight is 452 g/mol. The van der Waals surface area contributed by atoms with Gasteiger partial charge in [0.2, 0.25) is 0 Å². The van der Waals surface area contributed by atoms with Crippen molar-refractivity contribution in [1.29, 1.82) is 0 Å². The molecule has 0 atom stereocenters. The van der Waals surface area contributed by atoms with Crippen LogP contribution >= 0.6 is 0 Å². The number of aliphatic carboxylic acids is 6. The van der Waals surface area contributed by atoms with Crippen LogP contribution in [0.4, 0.5) is 0 Å². The molecule has 17 heteroatoms. The molecule has 14 nitrogen and oxygen atoms in total. The molecule has 4 N–H and O–H groups in total. The zero-order valence-electron chi connectivity index (χ0n) is 18.7. The Bertz CT molecular complexity index is 535. The second-order valence-corrected chi connectivity index (χ2v) is 4.88. The molecule has 0 unspecified atom stereocenters. The maximum Gasteiger partial charge on any atom is 1.00 e. The van der Waals surface area contributed by atoms with Crippen molar-refractivity contribution < 1.29 is 163 Å². The van der Waals surface area contributed by atoms with Crippen LogP contribution in [-0.2, 0) is 28.8 Å². The summed E-state index contributed by atoms with van der Waals surface area (Å²) < 4.78 is 0. The fourth-order valence-corrected chi connectivity index (χ4v) is 1.39. The summed E-state index contributed by atoms with van der Waals surface area (Å²) in [4.78, 5) is 60.3. The van der Waals surface area contributed by atoms with E-state index in [1.54, 1.807) is 0 Å². The monoisotopic (exact) mass is 452 g/mol. The predicted octanol–water partition coefficient (Wildman–Crippen LogP) is -16.5. The molecule has 0 heterocycles. The van der Waals surface area contributed by atoms with E-state index in [1.807, 2.05) is 0 Å². The first-order valence-corrected chi connectivity index (χ1v) is 6.26. The van der Waals surface area contributed by atoms with Crippen LogP contribution in [0.1, 0.15) is 30.0 Å². The third-order valence-electron chi connectivity index (χ3n) is 2.52. The van der Waals surface area contributed by atoms with Crippen LogP contribution in [0, 0.1) is 0 Å². The molecular weight excluding hydrogens is 437 g/mol. The Morgan fingerprint density at radius 1 is 0.621 bits per heavy atom. The molecule has 150 valence electrons. The molecule has 0 amide bonds. The summed E-state index contributed by atoms with van der Waals surface area (Å²) in [6.07, 6.45) is -5.13. The van der Waals surface area contributed by atoms with Gasteiger partial charge in [0.15, 0.2) is 0 Å². The molecule has 0 aliphatic rings. The summed E-state index contributed by atoms with van der Waals surface area (Å²) in [5.74, 6) is -11.3. The van der Waals surface area contributed by atoms with Gasteiger partial charge in [0, 0.05) is 24.8 Å². The molecule has 0 fully saturated rings. The smallest absolute Gasteiger partial charge is 1.00 e. The molecule has 0 spiro atoms. The molecule has 0 bridgehead atoms. The molecule has 0 aliphatic heterocycles. The van der Waals surface area contributed by atoms with Gasteiger partial charge in [0.05, 0.1) is 24.8 Å². The number of carbonyl (C=O) groups excluding carboxylic acids is 4. The molecular formula is C12H15Na3O14. The van der Waals surface area contributed by atoms with Gasteiger partial charge in [-0.15, -0.1) is 0 Å². The number of aliphatic hydroxyl groups is 2. The fourth-order valence-electron chi connectivity index (χ4n) is 1.39. The molecule has 0 aromatic carbocycles. The van der Waals surface area contributed by atoms with E-state index in [0.29, 0.717) is 0 Å². The first kappa shape index (κ1) is 39.2. The van der Waals surface area contributed by atoms with Gasteiger partial charge in [-0.3, -0.25) is 9.59 Å². The van der Waals surface area contributed by atoms with Crippen molar-refractivity contribution in [2.75, 3.05) is 0 Å². The van der Waals surface area contributed by atoms with Crippen molar-refractivity contribution in [3.05, 3.63) is 0 Å². The van der Waals surface area contributed by atoms with E-state index in [9.17, 15) is 49.2 Å². The summed E-state index contributed by atoms with van der Waals surface area (Å²) in [7, 11) is 0. The SMILES string of the molecule is O=C(O)CC(O)(CC(=O)O)C(=O)[O-].O=C([O-])CC(O)(CC(=O)[O-])C(=O)[O-].[H+].[H+].[H-].[Na+].[Na+].[Na+]. The van der Waals surface area contributed by atoms with E-state index in [2.05, 4.69) is 0 Å². The van der Waals surface area contributed by atoms with Crippen LogP contribution in [0.15, 0.2) is 0 Å². The molecule has 0 radical (unpaired) electrons. The van der Waals surface area contributed by atoms with Crippen LogP contribution in [0.2, 0.25) is 0 Å². The van der Waals surface area contributed by atoms with Crippen LogP contribution in [-0.4, -0.2) is 67.4 Å². The first-order valence-electron chi connectivity index (χ1n) is 6.26. The van der Waals surface area contributed by atoms with Crippen LogP contribution < -0.4 is 109 Å². The van der Waals surface area contributed by atoms with Gasteiger partial charge in [-0.05, 0) is 0 Å². The van der Waals surface area contributed by atoms with Crippen molar-refractivity contribution in [3.8, 4) is 0 Å². The third kappa shape index (κ3) is 18.2. The van der Waals surface area contributed by atoms with Crippen molar-refractivity contribution in [2.24, 2.45) is 0 Å². The summed E-state index contributed by atoms with van der Waals surface area (Å²) in [6, 6.07) is 0. The van der Waals surface area contributed by atoms with Gasteiger partial charge in [-0.2, -0.15) is 0 Å². The van der Waals surface area contributed by atoms with Crippen molar-refractivity contribution in [3.63, 3.8) is 0 Å². The number of carboxylic acids is 6. The summed E-state index contributed by atoms with van der Waals surface area (Å²) >= 11 is 0. The number of rotatable bonds is 10. The van der Waals surface area contributed by atoms with Gasteiger partial charge < -0.3 is 61.5 Å². The van der Waals surface area contributed by atoms with E-state index in [0.717, 1.165) is 0 Å². The molecule has 0 aromatic heterocycles. The summed E-state index contributed by atoms with van der Waals surface area (Å²) in [5, 5.41) is 74.5. The fraction of sp³-hybridized carbons (Fsp3) is 0.500. The Labute approximate surface area is 233 Å². The van der Waals surface area contributed by atoms with Crippen molar-refractivity contribution in [1.82, 2.24) is 0 Å². The van der Waals surface area contributed by atoms with Crippen LogP contribution in [0.5, 0.6) is 0 Å². The number of hydrogen-bond donors (Lipinski definition) is 4.